The molecular weight excluding hydrogens is 243 g/mol. The Labute approximate surface area is 112 Å². The maximum atomic E-state index is 13.1. The van der Waals surface area contributed by atoms with Gasteiger partial charge in [0.2, 0.25) is 0 Å². The van der Waals surface area contributed by atoms with Crippen LogP contribution >= 0.6 is 0 Å². The molecule has 0 saturated carbocycles. The largest absolute Gasteiger partial charge is 0.292 e. The zero-order chi connectivity index (χ0) is 13.8. The van der Waals surface area contributed by atoms with Gasteiger partial charge in [-0.2, -0.15) is 5.10 Å². The molecule has 4 heteroatoms. The van der Waals surface area contributed by atoms with Gasteiger partial charge in [0.25, 0.3) is 0 Å². The van der Waals surface area contributed by atoms with Gasteiger partial charge in [-0.25, -0.2) is 4.39 Å². The SMILES string of the molecule is CCc1cc(CC)n(CC(=O)c2cccc(F)c2)n1. The summed E-state index contributed by atoms with van der Waals surface area (Å²) in [6.07, 6.45) is 1.66. The molecule has 1 aromatic carbocycles. The second-order valence-corrected chi connectivity index (χ2v) is 4.43. The van der Waals surface area contributed by atoms with Gasteiger partial charge in [-0.05, 0) is 31.0 Å². The molecule has 0 N–H and O–H groups in total. The molecule has 0 aliphatic rings. The summed E-state index contributed by atoms with van der Waals surface area (Å²) in [7, 11) is 0. The van der Waals surface area contributed by atoms with E-state index in [1.165, 1.54) is 12.1 Å². The predicted molar refractivity (Wildman–Crippen MR) is 71.7 cm³/mol. The number of benzene rings is 1. The Morgan fingerprint density at radius 1 is 1.26 bits per heavy atom. The van der Waals surface area contributed by atoms with Crippen LogP contribution < -0.4 is 0 Å². The highest BCUT2D eigenvalue weighted by molar-refractivity contribution is 5.95. The van der Waals surface area contributed by atoms with Crippen molar-refractivity contribution in [2.45, 2.75) is 33.2 Å². The Kier molecular flexibility index (Phi) is 4.10. The molecule has 0 unspecified atom stereocenters. The van der Waals surface area contributed by atoms with Crippen molar-refractivity contribution in [3.05, 3.63) is 53.1 Å². The Balaban J connectivity index is 2.21. The van der Waals surface area contributed by atoms with Crippen LogP contribution in [0.15, 0.2) is 30.3 Å². The fourth-order valence-electron chi connectivity index (χ4n) is 2.00. The molecule has 2 aromatic rings. The van der Waals surface area contributed by atoms with Gasteiger partial charge in [0, 0.05) is 11.3 Å². The molecule has 0 spiro atoms. The lowest BCUT2D eigenvalue weighted by molar-refractivity contribution is 0.0966. The van der Waals surface area contributed by atoms with Crippen LogP contribution in [0.3, 0.4) is 0 Å². The first-order chi connectivity index (χ1) is 9.13. The van der Waals surface area contributed by atoms with Crippen LogP contribution in [0, 0.1) is 5.82 Å². The number of Topliss-reactive ketones (excluding diaryl/α,β-unsaturated/α-hetero) is 1. The molecule has 0 fully saturated rings. The lowest BCUT2D eigenvalue weighted by Crippen LogP contribution is -2.14. The Bertz CT molecular complexity index is 590. The van der Waals surface area contributed by atoms with Crippen LogP contribution in [0.2, 0.25) is 0 Å². The van der Waals surface area contributed by atoms with Gasteiger partial charge in [0.15, 0.2) is 5.78 Å². The van der Waals surface area contributed by atoms with E-state index in [1.54, 1.807) is 16.8 Å². The highest BCUT2D eigenvalue weighted by Gasteiger charge is 2.11. The van der Waals surface area contributed by atoms with Gasteiger partial charge >= 0.3 is 0 Å². The maximum absolute atomic E-state index is 13.1. The third kappa shape index (κ3) is 3.08. The van der Waals surface area contributed by atoms with Crippen LogP contribution in [0.5, 0.6) is 0 Å². The number of aromatic nitrogens is 2. The molecule has 1 heterocycles. The number of hydrogen-bond acceptors (Lipinski definition) is 2. The van der Waals surface area contributed by atoms with Gasteiger partial charge in [0.05, 0.1) is 5.69 Å². The number of ketones is 1. The first-order valence-corrected chi connectivity index (χ1v) is 6.48. The number of carbonyl (C=O) groups is 1. The van der Waals surface area contributed by atoms with Crippen molar-refractivity contribution in [1.29, 1.82) is 0 Å². The standard InChI is InChI=1S/C15H17FN2O/c1-3-13-9-14(4-2)18(17-13)10-15(19)11-6-5-7-12(16)8-11/h5-9H,3-4,10H2,1-2H3. The summed E-state index contributed by atoms with van der Waals surface area (Å²) in [5.41, 5.74) is 2.39. The van der Waals surface area contributed by atoms with Gasteiger partial charge < -0.3 is 0 Å². The zero-order valence-corrected chi connectivity index (χ0v) is 11.2. The molecular formula is C15H17FN2O. The Hall–Kier alpha value is -1.97. The molecule has 19 heavy (non-hydrogen) atoms. The number of carbonyl (C=O) groups excluding carboxylic acids is 1. The van der Waals surface area contributed by atoms with Crippen molar-refractivity contribution in [1.82, 2.24) is 9.78 Å². The molecule has 100 valence electrons. The summed E-state index contributed by atoms with van der Waals surface area (Å²) in [6.45, 7) is 4.22. The smallest absolute Gasteiger partial charge is 0.184 e. The van der Waals surface area contributed by atoms with E-state index in [9.17, 15) is 9.18 Å². The van der Waals surface area contributed by atoms with Crippen molar-refractivity contribution in [3.8, 4) is 0 Å². The molecule has 0 atom stereocenters. The van der Waals surface area contributed by atoms with Crippen molar-refractivity contribution in [2.75, 3.05) is 0 Å². The van der Waals surface area contributed by atoms with Gasteiger partial charge in [-0.1, -0.05) is 26.0 Å². The molecule has 0 bridgehead atoms. The van der Waals surface area contributed by atoms with Crippen LogP contribution in [-0.2, 0) is 19.4 Å². The summed E-state index contributed by atoms with van der Waals surface area (Å²) in [4.78, 5) is 12.1. The molecule has 2 rings (SSSR count). The van der Waals surface area contributed by atoms with Crippen molar-refractivity contribution < 1.29 is 9.18 Å². The van der Waals surface area contributed by atoms with E-state index in [4.69, 9.17) is 0 Å². The summed E-state index contributed by atoms with van der Waals surface area (Å²) in [6, 6.07) is 7.78. The first-order valence-electron chi connectivity index (χ1n) is 6.48. The van der Waals surface area contributed by atoms with E-state index in [1.807, 2.05) is 19.9 Å². The van der Waals surface area contributed by atoms with Crippen LogP contribution in [0.1, 0.15) is 35.6 Å². The maximum Gasteiger partial charge on any atom is 0.184 e. The third-order valence-corrected chi connectivity index (χ3v) is 3.08. The highest BCUT2D eigenvalue weighted by Crippen LogP contribution is 2.10. The van der Waals surface area contributed by atoms with E-state index < -0.39 is 5.82 Å². The zero-order valence-electron chi connectivity index (χ0n) is 11.2. The lowest BCUT2D eigenvalue weighted by atomic mass is 10.1. The molecule has 0 amide bonds. The van der Waals surface area contributed by atoms with Crippen LogP contribution in [-0.4, -0.2) is 15.6 Å². The quantitative estimate of drug-likeness (QED) is 0.774. The second kappa shape index (κ2) is 5.78. The molecule has 0 aliphatic heterocycles. The van der Waals surface area contributed by atoms with E-state index in [-0.39, 0.29) is 12.3 Å². The molecule has 3 nitrogen and oxygen atoms in total. The van der Waals surface area contributed by atoms with Gasteiger partial charge in [-0.15, -0.1) is 0 Å². The highest BCUT2D eigenvalue weighted by atomic mass is 19.1. The number of hydrogen-bond donors (Lipinski definition) is 0. The normalized spacial score (nSPS) is 10.7. The molecule has 0 aliphatic carbocycles. The van der Waals surface area contributed by atoms with Crippen molar-refractivity contribution in [3.63, 3.8) is 0 Å². The minimum Gasteiger partial charge on any atom is -0.292 e. The average molecular weight is 260 g/mol. The average Bonchev–Trinajstić information content (AvgIpc) is 2.81. The van der Waals surface area contributed by atoms with Crippen LogP contribution in [0.25, 0.3) is 0 Å². The number of halogens is 1. The lowest BCUT2D eigenvalue weighted by Gasteiger charge is -2.05. The Morgan fingerprint density at radius 2 is 2.05 bits per heavy atom. The summed E-state index contributed by atoms with van der Waals surface area (Å²) in [5, 5.41) is 4.39. The summed E-state index contributed by atoms with van der Waals surface area (Å²) in [5.74, 6) is -0.517. The van der Waals surface area contributed by atoms with E-state index in [0.717, 1.165) is 24.2 Å². The Morgan fingerprint density at radius 3 is 2.68 bits per heavy atom. The number of rotatable bonds is 5. The molecule has 1 aromatic heterocycles. The fraction of sp³-hybridized carbons (Fsp3) is 0.333. The third-order valence-electron chi connectivity index (χ3n) is 3.08. The van der Waals surface area contributed by atoms with Crippen LogP contribution in [0.4, 0.5) is 4.39 Å². The number of aryl methyl sites for hydroxylation is 2. The van der Waals surface area contributed by atoms with Crippen molar-refractivity contribution >= 4 is 5.78 Å². The van der Waals surface area contributed by atoms with E-state index in [0.29, 0.717) is 5.56 Å². The second-order valence-electron chi connectivity index (χ2n) is 4.43. The first kappa shape index (κ1) is 13.5. The topological polar surface area (TPSA) is 34.9 Å². The molecule has 0 saturated heterocycles. The fourth-order valence-corrected chi connectivity index (χ4v) is 2.00. The molecule has 0 radical (unpaired) electrons. The summed E-state index contributed by atoms with van der Waals surface area (Å²) >= 11 is 0. The van der Waals surface area contributed by atoms with E-state index in [2.05, 4.69) is 5.10 Å². The minimum atomic E-state index is -0.392. The summed E-state index contributed by atoms with van der Waals surface area (Å²) < 4.78 is 14.8. The van der Waals surface area contributed by atoms with E-state index >= 15 is 0 Å². The monoisotopic (exact) mass is 260 g/mol. The predicted octanol–water partition coefficient (Wildman–Crippen LogP) is 3.03. The van der Waals surface area contributed by atoms with Gasteiger partial charge in [-0.3, -0.25) is 9.48 Å². The van der Waals surface area contributed by atoms with Gasteiger partial charge in [0.1, 0.15) is 12.4 Å². The van der Waals surface area contributed by atoms with Crippen molar-refractivity contribution in [2.24, 2.45) is 0 Å². The minimum absolute atomic E-state index is 0.125. The number of nitrogens with zero attached hydrogens (tertiary/aromatic N) is 2.